The standard InChI is InChI=1S/C22H25Cl2N3O2/c1-22(2,3)26-20(28)12-27-19-7-5-4-6-14(19)15(11-18(25)21(27)29)13-8-9-16(23)17(24)10-13/h4-10,15,18H,11-12,25H2,1-3H3,(H,26,28). The maximum absolute atomic E-state index is 13.1. The smallest absolute Gasteiger partial charge is 0.244 e. The predicted molar refractivity (Wildman–Crippen MR) is 118 cm³/mol. The number of para-hydroxylation sites is 1. The molecule has 0 aliphatic carbocycles. The lowest BCUT2D eigenvalue weighted by Crippen LogP contribution is -2.50. The molecule has 0 fully saturated rings. The third-order valence-electron chi connectivity index (χ3n) is 4.84. The Hall–Kier alpha value is -2.08. The van der Waals surface area contributed by atoms with Crippen molar-refractivity contribution in [2.75, 3.05) is 11.4 Å². The summed E-state index contributed by atoms with van der Waals surface area (Å²) in [5.74, 6) is -0.652. The van der Waals surface area contributed by atoms with Crippen LogP contribution in [0.25, 0.3) is 0 Å². The van der Waals surface area contributed by atoms with Crippen molar-refractivity contribution in [1.29, 1.82) is 0 Å². The monoisotopic (exact) mass is 433 g/mol. The van der Waals surface area contributed by atoms with Crippen LogP contribution in [0.5, 0.6) is 0 Å². The summed E-state index contributed by atoms with van der Waals surface area (Å²) in [5.41, 5.74) is 8.41. The van der Waals surface area contributed by atoms with Gasteiger partial charge in [-0.15, -0.1) is 0 Å². The number of amides is 2. The zero-order chi connectivity index (χ0) is 21.3. The van der Waals surface area contributed by atoms with Gasteiger partial charge < -0.3 is 16.0 Å². The van der Waals surface area contributed by atoms with Crippen LogP contribution in [-0.4, -0.2) is 29.9 Å². The lowest BCUT2D eigenvalue weighted by molar-refractivity contribution is -0.125. The molecule has 0 saturated carbocycles. The molecule has 3 N–H and O–H groups in total. The molecule has 0 spiro atoms. The van der Waals surface area contributed by atoms with Gasteiger partial charge in [-0.1, -0.05) is 47.5 Å². The van der Waals surface area contributed by atoms with Crippen molar-refractivity contribution < 1.29 is 9.59 Å². The van der Waals surface area contributed by atoms with Crippen LogP contribution >= 0.6 is 23.2 Å². The van der Waals surface area contributed by atoms with Gasteiger partial charge in [-0.2, -0.15) is 0 Å². The number of nitrogens with two attached hydrogens (primary N) is 1. The maximum atomic E-state index is 13.1. The highest BCUT2D eigenvalue weighted by molar-refractivity contribution is 6.42. The molecule has 2 unspecified atom stereocenters. The Balaban J connectivity index is 2.03. The fourth-order valence-electron chi connectivity index (χ4n) is 3.64. The number of carbonyl (C=O) groups excluding carboxylic acids is 2. The molecule has 3 rings (SSSR count). The second-order valence-corrected chi connectivity index (χ2v) is 9.16. The van der Waals surface area contributed by atoms with Crippen molar-refractivity contribution >= 4 is 40.7 Å². The zero-order valence-electron chi connectivity index (χ0n) is 16.7. The molecule has 1 aliphatic rings. The number of carbonyl (C=O) groups is 2. The van der Waals surface area contributed by atoms with Crippen LogP contribution in [0.4, 0.5) is 5.69 Å². The molecule has 7 heteroatoms. The van der Waals surface area contributed by atoms with E-state index in [9.17, 15) is 9.59 Å². The Morgan fingerprint density at radius 2 is 1.86 bits per heavy atom. The Labute approximate surface area is 181 Å². The molecule has 0 bridgehead atoms. The van der Waals surface area contributed by atoms with Crippen molar-refractivity contribution in [1.82, 2.24) is 5.32 Å². The predicted octanol–water partition coefficient (Wildman–Crippen LogP) is 4.10. The van der Waals surface area contributed by atoms with E-state index in [1.54, 1.807) is 6.07 Å². The second kappa shape index (κ2) is 8.34. The highest BCUT2D eigenvalue weighted by Crippen LogP contribution is 2.40. The molecule has 2 amide bonds. The van der Waals surface area contributed by atoms with Crippen LogP contribution in [0.1, 0.15) is 44.2 Å². The molecule has 1 heterocycles. The molecule has 0 saturated heterocycles. The maximum Gasteiger partial charge on any atom is 0.244 e. The van der Waals surface area contributed by atoms with Crippen LogP contribution < -0.4 is 16.0 Å². The summed E-state index contributed by atoms with van der Waals surface area (Å²) in [4.78, 5) is 27.1. The number of hydrogen-bond donors (Lipinski definition) is 2. The number of fused-ring (bicyclic) bond motifs is 1. The fraction of sp³-hybridized carbons (Fsp3) is 0.364. The zero-order valence-corrected chi connectivity index (χ0v) is 18.2. The topological polar surface area (TPSA) is 75.4 Å². The summed E-state index contributed by atoms with van der Waals surface area (Å²) in [6.45, 7) is 5.61. The van der Waals surface area contributed by atoms with Gasteiger partial charge in [-0.3, -0.25) is 9.59 Å². The van der Waals surface area contributed by atoms with Crippen LogP contribution in [-0.2, 0) is 9.59 Å². The average molecular weight is 434 g/mol. The first-order chi connectivity index (χ1) is 13.6. The van der Waals surface area contributed by atoms with E-state index in [-0.39, 0.29) is 24.3 Å². The summed E-state index contributed by atoms with van der Waals surface area (Å²) in [7, 11) is 0. The van der Waals surface area contributed by atoms with Crippen molar-refractivity contribution in [3.63, 3.8) is 0 Å². The largest absolute Gasteiger partial charge is 0.350 e. The summed E-state index contributed by atoms with van der Waals surface area (Å²) in [6, 6.07) is 12.3. The summed E-state index contributed by atoms with van der Waals surface area (Å²) < 4.78 is 0. The molecular formula is C22H25Cl2N3O2. The van der Waals surface area contributed by atoms with Gasteiger partial charge in [0.2, 0.25) is 11.8 Å². The fourth-order valence-corrected chi connectivity index (χ4v) is 3.94. The minimum Gasteiger partial charge on any atom is -0.350 e. The van der Waals surface area contributed by atoms with Crippen molar-refractivity contribution in [2.45, 2.75) is 44.7 Å². The minimum absolute atomic E-state index is 0.0884. The summed E-state index contributed by atoms with van der Waals surface area (Å²) in [6.07, 6.45) is 0.408. The van der Waals surface area contributed by atoms with E-state index < -0.39 is 11.6 Å². The Kier molecular flexibility index (Phi) is 6.22. The molecule has 2 aromatic rings. The quantitative estimate of drug-likeness (QED) is 0.764. The van der Waals surface area contributed by atoms with Crippen molar-refractivity contribution in [3.05, 3.63) is 63.6 Å². The van der Waals surface area contributed by atoms with Gasteiger partial charge in [0.25, 0.3) is 0 Å². The van der Waals surface area contributed by atoms with Crippen molar-refractivity contribution in [3.8, 4) is 0 Å². The van der Waals surface area contributed by atoms with E-state index in [1.807, 2.05) is 57.2 Å². The number of nitrogens with zero attached hydrogens (tertiary/aromatic N) is 1. The van der Waals surface area contributed by atoms with Crippen LogP contribution in [0, 0.1) is 0 Å². The highest BCUT2D eigenvalue weighted by Gasteiger charge is 2.35. The Morgan fingerprint density at radius 1 is 1.17 bits per heavy atom. The molecule has 2 atom stereocenters. The molecule has 0 radical (unpaired) electrons. The van der Waals surface area contributed by atoms with Gasteiger partial charge >= 0.3 is 0 Å². The van der Waals surface area contributed by atoms with Crippen LogP contribution in [0.15, 0.2) is 42.5 Å². The molecule has 154 valence electrons. The van der Waals surface area contributed by atoms with Crippen LogP contribution in [0.3, 0.4) is 0 Å². The van der Waals surface area contributed by atoms with Crippen LogP contribution in [0.2, 0.25) is 10.0 Å². The SMILES string of the molecule is CC(C)(C)NC(=O)CN1C(=O)C(N)CC(c2ccc(Cl)c(Cl)c2)c2ccccc21. The van der Waals surface area contributed by atoms with E-state index in [0.717, 1.165) is 11.1 Å². The third kappa shape index (κ3) is 4.92. The Morgan fingerprint density at radius 3 is 2.52 bits per heavy atom. The van der Waals surface area contributed by atoms with E-state index in [2.05, 4.69) is 5.32 Å². The van der Waals surface area contributed by atoms with Gasteiger partial charge in [0.15, 0.2) is 0 Å². The first kappa shape index (κ1) is 21.6. The number of anilines is 1. The number of halogens is 2. The number of benzene rings is 2. The van der Waals surface area contributed by atoms with Gasteiger partial charge in [-0.05, 0) is 56.5 Å². The molecule has 5 nitrogen and oxygen atoms in total. The highest BCUT2D eigenvalue weighted by atomic mass is 35.5. The van der Waals surface area contributed by atoms with E-state index >= 15 is 0 Å². The molecule has 2 aromatic carbocycles. The molecular weight excluding hydrogens is 409 g/mol. The van der Waals surface area contributed by atoms with E-state index in [0.29, 0.717) is 22.2 Å². The van der Waals surface area contributed by atoms with E-state index in [1.165, 1.54) is 4.90 Å². The van der Waals surface area contributed by atoms with Gasteiger partial charge in [-0.25, -0.2) is 0 Å². The normalized spacial score (nSPS) is 19.5. The first-order valence-corrected chi connectivity index (χ1v) is 10.2. The number of hydrogen-bond acceptors (Lipinski definition) is 3. The summed E-state index contributed by atoms with van der Waals surface area (Å²) >= 11 is 12.3. The van der Waals surface area contributed by atoms with Crippen molar-refractivity contribution in [2.24, 2.45) is 5.73 Å². The lowest BCUT2D eigenvalue weighted by Gasteiger charge is -2.27. The first-order valence-electron chi connectivity index (χ1n) is 9.48. The molecule has 0 aromatic heterocycles. The van der Waals surface area contributed by atoms with Gasteiger partial charge in [0.1, 0.15) is 6.54 Å². The Bertz CT molecular complexity index is 940. The lowest BCUT2D eigenvalue weighted by atomic mass is 9.86. The van der Waals surface area contributed by atoms with Gasteiger partial charge in [0.05, 0.1) is 16.1 Å². The second-order valence-electron chi connectivity index (χ2n) is 8.35. The minimum atomic E-state index is -0.746. The third-order valence-corrected chi connectivity index (χ3v) is 5.58. The van der Waals surface area contributed by atoms with Gasteiger partial charge in [0, 0.05) is 17.1 Å². The summed E-state index contributed by atoms with van der Waals surface area (Å²) in [5, 5.41) is 3.83. The van der Waals surface area contributed by atoms with E-state index in [4.69, 9.17) is 28.9 Å². The molecule has 1 aliphatic heterocycles. The number of nitrogens with one attached hydrogen (secondary N) is 1. The molecule has 29 heavy (non-hydrogen) atoms. The average Bonchev–Trinajstić information content (AvgIpc) is 2.73. The number of rotatable bonds is 3.